The van der Waals surface area contributed by atoms with Crippen molar-refractivity contribution < 1.29 is 118 Å². The van der Waals surface area contributed by atoms with Crippen molar-refractivity contribution in [3.05, 3.63) is 0 Å². The molecule has 0 spiro atoms. The van der Waals surface area contributed by atoms with Crippen LogP contribution in [0.3, 0.4) is 0 Å². The number of nitrogens with one attached hydrogen (secondary N) is 2. The molecule has 5 saturated heterocycles. The molecule has 11 unspecified atom stereocenters. The van der Waals surface area contributed by atoms with Gasteiger partial charge in [0, 0.05) is 132 Å². The van der Waals surface area contributed by atoms with Gasteiger partial charge in [-0.2, -0.15) is 0 Å². The summed E-state index contributed by atoms with van der Waals surface area (Å²) in [5, 5.41) is 14.1. The SMILES string of the molecule is [B]C1CN(P(C)(=O)N(C)C)CC(OC)O1.[B]CC(=O)N(CCNC)CC(C)=O.[B][C@@H]1OCC(OC)[C@@H]1OP(C)(=O)[O-].[B][C@@H]1O[C@H](COC)C(OP(C)(=O)[O-])[C@@H]1OCCCO.[B][C@H]1CC(NP(C)(=O)[O-])[C@@H](COC)O1.[B][C@H]1CC(OP([BH3-])(C)=O)[C@@H](COC)O1. The minimum absolute atomic E-state index is 0.0241. The topological polar surface area (TPSA) is 372 Å². The first-order valence-electron chi connectivity index (χ1n) is 27.3. The molecule has 502 valence electrons. The number of aliphatic hydroxyl groups excluding tert-OH is 1. The number of aliphatic hydroxyl groups is 1. The van der Waals surface area contributed by atoms with Crippen LogP contribution in [-0.2, 0) is 98.1 Å². The van der Waals surface area contributed by atoms with Crippen LogP contribution in [-0.4, -0.2) is 339 Å². The first-order valence-corrected chi connectivity index (χ1v) is 37.1. The van der Waals surface area contributed by atoms with Gasteiger partial charge in [-0.25, -0.2) is 9.34 Å². The number of ether oxygens (including phenoxy) is 11. The number of rotatable bonds is 28. The molecule has 5 rings (SSSR count). The molecule has 30 nitrogen and oxygen atoms in total. The van der Waals surface area contributed by atoms with Crippen LogP contribution in [0.2, 0.25) is 6.32 Å². The van der Waals surface area contributed by atoms with Gasteiger partial charge in [-0.1, -0.05) is 0 Å². The fourth-order valence-electron chi connectivity index (χ4n) is 8.29. The van der Waals surface area contributed by atoms with Crippen LogP contribution in [0, 0.1) is 0 Å². The first kappa shape index (κ1) is 87.9. The third-order valence-electron chi connectivity index (χ3n) is 12.4. The van der Waals surface area contributed by atoms with Crippen molar-refractivity contribution in [3.8, 4) is 0 Å². The lowest BCUT2D eigenvalue weighted by Gasteiger charge is -2.41. The van der Waals surface area contributed by atoms with Gasteiger partial charge in [0.05, 0.1) is 74.7 Å². The average Bonchev–Trinajstić information content (AvgIpc) is 4.32. The normalized spacial score (nSPS) is 31.9. The van der Waals surface area contributed by atoms with Gasteiger partial charge in [0.1, 0.15) is 96.8 Å². The second-order valence-corrected chi connectivity index (χ2v) is 30.0. The molecule has 88 heavy (non-hydrogen) atoms. The summed E-state index contributed by atoms with van der Waals surface area (Å²) in [5.41, 5.74) is 0. The summed E-state index contributed by atoms with van der Waals surface area (Å²) in [5.74, 6) is -0.219. The maximum atomic E-state index is 12.4. The molecule has 3 N–H and O–H groups in total. The molecule has 0 saturated carbocycles. The Kier molecular flexibility index (Phi) is 43.8. The van der Waals surface area contributed by atoms with Crippen LogP contribution in [0.5, 0.6) is 0 Å². The summed E-state index contributed by atoms with van der Waals surface area (Å²) >= 11 is 0. The number of carbonyl (C=O) groups is 2. The van der Waals surface area contributed by atoms with Crippen LogP contribution in [0.1, 0.15) is 26.2 Å². The van der Waals surface area contributed by atoms with Gasteiger partial charge >= 0.3 is 0 Å². The molecule has 0 aromatic rings. The molecule has 5 heterocycles. The number of likely N-dealkylation sites (N-methyl/N-ethyl adjacent to an activating group) is 1. The Balaban J connectivity index is 0.00000104. The molecule has 5 aliphatic rings. The highest BCUT2D eigenvalue weighted by Crippen LogP contribution is 2.48. The van der Waals surface area contributed by atoms with E-state index in [0.29, 0.717) is 58.7 Å². The monoisotopic (exact) mass is 1350 g/mol. The van der Waals surface area contributed by atoms with Crippen molar-refractivity contribution in [2.24, 2.45) is 0 Å². The van der Waals surface area contributed by atoms with E-state index in [9.17, 15) is 47.1 Å². The molecule has 5 fully saturated rings. The second kappa shape index (κ2) is 43.8. The molecule has 1 amide bonds. The second-order valence-electron chi connectivity index (χ2n) is 20.5. The van der Waals surface area contributed by atoms with E-state index in [1.807, 2.05) is 4.67 Å². The Labute approximate surface area is 530 Å². The Bertz CT molecular complexity index is 2160. The first-order chi connectivity index (χ1) is 40.7. The highest BCUT2D eigenvalue weighted by atomic mass is 31.2. The van der Waals surface area contributed by atoms with E-state index < -0.39 is 98.2 Å². The number of methoxy groups -OCH3 is 5. The van der Waals surface area contributed by atoms with Gasteiger partial charge in [0.2, 0.25) is 13.4 Å². The zero-order chi connectivity index (χ0) is 68.0. The van der Waals surface area contributed by atoms with Gasteiger partial charge in [-0.15, -0.1) is 0 Å². The summed E-state index contributed by atoms with van der Waals surface area (Å²) in [7, 11) is 30.0. The smallest absolute Gasteiger partial charge is 0.214 e. The van der Waals surface area contributed by atoms with Crippen molar-refractivity contribution in [3.63, 3.8) is 0 Å². The molecule has 20 atom stereocenters. The molecule has 0 aliphatic carbocycles. The van der Waals surface area contributed by atoms with E-state index in [4.69, 9.17) is 118 Å². The fourth-order valence-corrected chi connectivity index (χ4v) is 12.6. The van der Waals surface area contributed by atoms with E-state index in [1.165, 1.54) is 33.2 Å². The average molecular weight is 1350 g/mol. The van der Waals surface area contributed by atoms with Crippen molar-refractivity contribution in [2.45, 2.75) is 124 Å². The summed E-state index contributed by atoms with van der Waals surface area (Å²) < 4.78 is 133. The summed E-state index contributed by atoms with van der Waals surface area (Å²) in [6.45, 7) is 11.7. The highest BCUT2D eigenvalue weighted by molar-refractivity contribution is 7.82. The van der Waals surface area contributed by atoms with Crippen LogP contribution in [0.25, 0.3) is 0 Å². The maximum Gasteiger partial charge on any atom is 0.214 e. The minimum atomic E-state index is -3.95. The number of amides is 1. The minimum Gasteiger partial charge on any atom is -0.788 e. The fraction of sp³-hybridized carbons (Fsp3) is 0.957. The highest BCUT2D eigenvalue weighted by Gasteiger charge is 2.45. The predicted octanol–water partition coefficient (Wildman–Crippen LogP) is -4.12. The molecule has 0 aromatic heterocycles. The summed E-state index contributed by atoms with van der Waals surface area (Å²) in [6, 6.07) is -3.00. The lowest BCUT2D eigenvalue weighted by molar-refractivity contribution is -0.206. The molecule has 0 aromatic carbocycles. The van der Waals surface area contributed by atoms with Crippen molar-refractivity contribution in [2.75, 3.05) is 162 Å². The Morgan fingerprint density at radius 3 is 1.74 bits per heavy atom. The van der Waals surface area contributed by atoms with Gasteiger partial charge in [0.15, 0.2) is 6.29 Å². The molecular formula is C46H93B7N5O25P5-4. The number of Topliss-reactive ketones (excluding diaryl/α,β-unsaturated/α-hetero) is 1. The summed E-state index contributed by atoms with van der Waals surface area (Å²) in [6.07, 6.45) is -2.87. The number of morpholine rings is 1. The number of nitrogens with zero attached hydrogens (tertiary/aromatic N) is 3. The molecular weight excluding hydrogens is 1250 g/mol. The zero-order valence-corrected chi connectivity index (χ0v) is 57.0. The lowest BCUT2D eigenvalue weighted by atomic mass is 9.93. The number of hydrogen-bond acceptors (Lipinski definition) is 26. The van der Waals surface area contributed by atoms with Crippen LogP contribution in [0.4, 0.5) is 0 Å². The molecule has 12 radical (unpaired) electrons. The van der Waals surface area contributed by atoms with E-state index in [0.717, 1.165) is 20.0 Å². The van der Waals surface area contributed by atoms with E-state index in [-0.39, 0.29) is 88.9 Å². The van der Waals surface area contributed by atoms with Crippen LogP contribution in [0.15, 0.2) is 0 Å². The standard InChI is InChI=1S/C10H20BO7P.C8H18BN2O3P.C8H15BN2O2.C7H16B2O4P.C7H15BNO4P.C6H12BO5P/c1-15-6-7-8(18-19(2,13)14)9(10(11)17-7)16-5-3-4-12;1-10(2)15(4,12)11-5-7(9)14-8(6-11)13-3;1-7(12)6-11(4-3-10-2)8(13)5-9;1-11-4-6-5(3-7(8)12-6)13-14(2,9)10;1-12-4-6-5(3-7(8)13-6)9-14(2,10)11;1-10-4-3-11-6(7)5(4)12-13(2,8)9/h7-10,12H,3-6H2,1-2H3,(H,13,14);7-8H,5-6H2,1-4H3;10H,3-6H2,1-2H3;5-7H,3-4H2,1-2,9H3;5-7H,3-4H2,1-2H3,(H2,9,10,11);4-6H,3H2,1-2H3,(H,8,9)/q;;;-1;;/p-3/t7-,8?,9+,10-;;;5?,6-,7-,14?;5?,6-,7-;4?,5-,6+/m1..110/s1. The molecule has 0 bridgehead atoms. The van der Waals surface area contributed by atoms with Crippen LogP contribution < -0.4 is 25.1 Å². The quantitative estimate of drug-likeness (QED) is 0.0381. The third kappa shape index (κ3) is 37.2. The van der Waals surface area contributed by atoms with Crippen molar-refractivity contribution in [1.29, 1.82) is 0 Å². The zero-order valence-electron chi connectivity index (χ0n) is 52.6. The van der Waals surface area contributed by atoms with Gasteiger partial charge in [0.25, 0.3) is 0 Å². The molecule has 42 heteroatoms. The van der Waals surface area contributed by atoms with Gasteiger partial charge in [-0.05, 0) is 67.0 Å². The Morgan fingerprint density at radius 1 is 0.716 bits per heavy atom. The number of carbonyl (C=O) groups excluding carboxylic acids is 2. The van der Waals surface area contributed by atoms with Crippen molar-refractivity contribution >= 4 is 104 Å². The number of ketones is 1. The van der Waals surface area contributed by atoms with E-state index in [1.54, 1.807) is 53.4 Å². The maximum absolute atomic E-state index is 12.4. The summed E-state index contributed by atoms with van der Waals surface area (Å²) in [4.78, 5) is 56.6. The van der Waals surface area contributed by atoms with Crippen LogP contribution >= 0.6 is 37.4 Å². The predicted molar refractivity (Wildman–Crippen MR) is 333 cm³/mol. The van der Waals surface area contributed by atoms with Gasteiger partial charge in [-0.3, -0.25) is 19.2 Å². The Morgan fingerprint density at radius 2 is 1.26 bits per heavy atom. The lowest BCUT2D eigenvalue weighted by Crippen LogP contribution is -2.48. The number of hydrogen-bond donors (Lipinski definition) is 3. The third-order valence-corrected chi connectivity index (χ3v) is 17.9. The van der Waals surface area contributed by atoms with Gasteiger partial charge < -0.3 is 114 Å². The Hall–Kier alpha value is -0.135. The largest absolute Gasteiger partial charge is 0.788 e. The van der Waals surface area contributed by atoms with E-state index in [2.05, 4.69) is 10.4 Å². The van der Waals surface area contributed by atoms with Crippen molar-refractivity contribution in [1.82, 2.24) is 24.6 Å². The van der Waals surface area contributed by atoms with E-state index >= 15 is 0 Å². The molecule has 5 aliphatic heterocycles.